The van der Waals surface area contributed by atoms with E-state index in [1.807, 2.05) is 6.07 Å². The van der Waals surface area contributed by atoms with Crippen molar-refractivity contribution in [3.8, 4) is 0 Å². The van der Waals surface area contributed by atoms with Gasteiger partial charge in [-0.05, 0) is 18.0 Å². The number of nitrogens with zero attached hydrogens (tertiary/aromatic N) is 2. The molecule has 0 saturated carbocycles. The Bertz CT molecular complexity index is 629. The summed E-state index contributed by atoms with van der Waals surface area (Å²) in [5.41, 5.74) is 1.08. The lowest BCUT2D eigenvalue weighted by molar-refractivity contribution is -0.752. The molecule has 2 heterocycles. The monoisotopic (exact) mass is 239 g/mol. The largest absolute Gasteiger partial charge is 0.629 e. The van der Waals surface area contributed by atoms with Crippen molar-refractivity contribution < 1.29 is 9.27 Å². The van der Waals surface area contributed by atoms with E-state index in [-0.39, 0.29) is 10.1 Å². The summed E-state index contributed by atoms with van der Waals surface area (Å²) in [4.78, 5) is 0. The predicted octanol–water partition coefficient (Wildman–Crippen LogP) is -0.317. The number of hydrogen-bond donors (Lipinski definition) is 1. The van der Waals surface area contributed by atoms with Crippen molar-refractivity contribution in [3.63, 3.8) is 0 Å². The van der Waals surface area contributed by atoms with Crippen LogP contribution in [0, 0.1) is 5.21 Å². The molecule has 0 radical (unpaired) electrons. The molecular formula is C10H13N3O2S. The Balaban J connectivity index is 2.89. The highest BCUT2D eigenvalue weighted by atomic mass is 32.2. The van der Waals surface area contributed by atoms with Crippen LogP contribution in [0.1, 0.15) is 0 Å². The van der Waals surface area contributed by atoms with E-state index in [0.29, 0.717) is 11.2 Å². The molecule has 2 rings (SSSR count). The first-order valence-electron chi connectivity index (χ1n) is 4.72. The lowest BCUT2D eigenvalue weighted by atomic mass is 10.3. The summed E-state index contributed by atoms with van der Waals surface area (Å²) >= 11 is 0. The first kappa shape index (κ1) is 11.1. The van der Waals surface area contributed by atoms with Crippen molar-refractivity contribution in [2.45, 2.75) is 5.03 Å². The minimum atomic E-state index is -2.49. The zero-order chi connectivity index (χ0) is 11.9. The van der Waals surface area contributed by atoms with Gasteiger partial charge in [-0.25, -0.2) is 4.52 Å². The molecular weight excluding hydrogens is 226 g/mol. The molecule has 0 aliphatic carbocycles. The average Bonchev–Trinajstić information content (AvgIpc) is 2.55. The number of pyridine rings is 1. The molecule has 0 amide bonds. The van der Waals surface area contributed by atoms with Crippen molar-refractivity contribution in [1.82, 2.24) is 9.61 Å². The molecule has 0 saturated heterocycles. The minimum Gasteiger partial charge on any atom is -0.629 e. The fourth-order valence-electron chi connectivity index (χ4n) is 1.61. The third-order valence-electron chi connectivity index (χ3n) is 2.27. The maximum atomic E-state index is 11.9. The lowest BCUT2D eigenvalue weighted by Crippen LogP contribution is -2.98. The normalized spacial score (nSPS) is 17.2. The molecule has 0 aliphatic heterocycles. The SMILES string of the molecule is C=S(C)(=O)c1nn2ccccc2c1[NH+](C)[O-]. The first-order chi connectivity index (χ1) is 7.41. The van der Waals surface area contributed by atoms with Crippen molar-refractivity contribution in [2.75, 3.05) is 13.3 Å². The van der Waals surface area contributed by atoms with Crippen LogP contribution in [0.15, 0.2) is 29.4 Å². The van der Waals surface area contributed by atoms with Crippen LogP contribution < -0.4 is 5.06 Å². The molecule has 0 bridgehead atoms. The predicted molar refractivity (Wildman–Crippen MR) is 64.6 cm³/mol. The highest BCUT2D eigenvalue weighted by molar-refractivity contribution is 7.99. The van der Waals surface area contributed by atoms with Crippen LogP contribution in [0.2, 0.25) is 0 Å². The molecule has 5 nitrogen and oxygen atoms in total. The van der Waals surface area contributed by atoms with Gasteiger partial charge in [0, 0.05) is 22.0 Å². The highest BCUT2D eigenvalue weighted by Gasteiger charge is 2.21. The Labute approximate surface area is 93.9 Å². The Hall–Kier alpha value is -1.37. The van der Waals surface area contributed by atoms with Crippen molar-refractivity contribution in [1.29, 1.82) is 0 Å². The van der Waals surface area contributed by atoms with E-state index >= 15 is 0 Å². The number of hydroxylamine groups is 1. The van der Waals surface area contributed by atoms with Crippen molar-refractivity contribution in [3.05, 3.63) is 29.6 Å². The van der Waals surface area contributed by atoms with Crippen molar-refractivity contribution >= 4 is 26.6 Å². The van der Waals surface area contributed by atoms with E-state index in [0.717, 1.165) is 0 Å². The fraction of sp³-hybridized carbons (Fsp3) is 0.200. The quantitative estimate of drug-likeness (QED) is 0.577. The highest BCUT2D eigenvalue weighted by Crippen LogP contribution is 2.21. The number of fused-ring (bicyclic) bond motifs is 1. The van der Waals surface area contributed by atoms with Gasteiger partial charge in [0.2, 0.25) is 5.03 Å². The zero-order valence-electron chi connectivity index (χ0n) is 9.14. The molecule has 0 aromatic carbocycles. The lowest BCUT2D eigenvalue weighted by Gasteiger charge is -2.15. The number of aromatic nitrogens is 2. The van der Waals surface area contributed by atoms with Gasteiger partial charge in [-0.3, -0.25) is 4.21 Å². The van der Waals surface area contributed by atoms with Gasteiger partial charge in [0.1, 0.15) is 5.52 Å². The third kappa shape index (κ3) is 1.71. The summed E-state index contributed by atoms with van der Waals surface area (Å²) < 4.78 is 13.5. The first-order valence-corrected chi connectivity index (χ1v) is 6.85. The molecule has 2 unspecified atom stereocenters. The van der Waals surface area contributed by atoms with Gasteiger partial charge < -0.3 is 10.3 Å². The molecule has 16 heavy (non-hydrogen) atoms. The summed E-state index contributed by atoms with van der Waals surface area (Å²) in [6, 6.07) is 5.39. The zero-order valence-corrected chi connectivity index (χ0v) is 9.95. The van der Waals surface area contributed by atoms with Gasteiger partial charge in [-0.1, -0.05) is 6.07 Å². The standard InChI is InChI=1S/C10H13N3O2S/c1-12(14)9-8-6-4-5-7-13(8)11-10(9)16(2,3)15/h4-7,12H,2H2,1,3H3. The molecule has 0 aliphatic rings. The van der Waals surface area contributed by atoms with Gasteiger partial charge in [0.25, 0.3) is 0 Å². The number of quaternary nitrogens is 1. The van der Waals surface area contributed by atoms with E-state index in [4.69, 9.17) is 0 Å². The van der Waals surface area contributed by atoms with Crippen LogP contribution in [0.3, 0.4) is 0 Å². The third-order valence-corrected chi connectivity index (χ3v) is 3.37. The fourth-order valence-corrected chi connectivity index (χ4v) is 2.55. The summed E-state index contributed by atoms with van der Waals surface area (Å²) in [5, 5.41) is 15.9. The minimum absolute atomic E-state index is 0.144. The second-order valence-corrected chi connectivity index (χ2v) is 6.17. The van der Waals surface area contributed by atoms with E-state index in [9.17, 15) is 9.42 Å². The van der Waals surface area contributed by atoms with E-state index in [1.165, 1.54) is 13.3 Å². The van der Waals surface area contributed by atoms with Crippen LogP contribution in [-0.4, -0.2) is 33.0 Å². The van der Waals surface area contributed by atoms with Crippen LogP contribution in [0.5, 0.6) is 0 Å². The smallest absolute Gasteiger partial charge is 0.202 e. The van der Waals surface area contributed by atoms with E-state index < -0.39 is 9.52 Å². The summed E-state index contributed by atoms with van der Waals surface area (Å²) in [6.07, 6.45) is 3.21. The van der Waals surface area contributed by atoms with Crippen LogP contribution in [-0.2, 0) is 9.52 Å². The Morgan fingerprint density at radius 2 is 2.25 bits per heavy atom. The average molecular weight is 239 g/mol. The van der Waals surface area contributed by atoms with Crippen molar-refractivity contribution in [2.24, 2.45) is 0 Å². The maximum absolute atomic E-state index is 11.9. The number of hydrogen-bond acceptors (Lipinski definition) is 3. The summed E-state index contributed by atoms with van der Waals surface area (Å²) in [5.74, 6) is 3.58. The molecule has 1 N–H and O–H groups in total. The van der Waals surface area contributed by atoms with E-state index in [1.54, 1.807) is 22.8 Å². The molecule has 2 aromatic rings. The number of nitrogens with one attached hydrogen (secondary N) is 1. The second-order valence-electron chi connectivity index (χ2n) is 3.77. The molecule has 2 aromatic heterocycles. The summed E-state index contributed by atoms with van der Waals surface area (Å²) in [6.45, 7) is 0. The Morgan fingerprint density at radius 1 is 1.56 bits per heavy atom. The Morgan fingerprint density at radius 3 is 2.81 bits per heavy atom. The van der Waals surface area contributed by atoms with Crippen LogP contribution in [0.25, 0.3) is 5.52 Å². The van der Waals surface area contributed by atoms with Gasteiger partial charge in [0.05, 0.1) is 7.05 Å². The molecule has 86 valence electrons. The van der Waals surface area contributed by atoms with E-state index in [2.05, 4.69) is 11.0 Å². The summed E-state index contributed by atoms with van der Waals surface area (Å²) in [7, 11) is -1.05. The Kier molecular flexibility index (Phi) is 2.49. The maximum Gasteiger partial charge on any atom is 0.202 e. The molecule has 0 spiro atoms. The molecule has 2 atom stereocenters. The van der Waals surface area contributed by atoms with Gasteiger partial charge in [0.15, 0.2) is 5.69 Å². The molecule has 0 fully saturated rings. The number of rotatable bonds is 2. The van der Waals surface area contributed by atoms with Crippen LogP contribution in [0.4, 0.5) is 5.69 Å². The van der Waals surface area contributed by atoms with Crippen LogP contribution >= 0.6 is 0 Å². The topological polar surface area (TPSA) is 61.9 Å². The van der Waals surface area contributed by atoms with Gasteiger partial charge in [-0.2, -0.15) is 5.10 Å². The van der Waals surface area contributed by atoms with Gasteiger partial charge >= 0.3 is 0 Å². The second kappa shape index (κ2) is 3.58. The van der Waals surface area contributed by atoms with Gasteiger partial charge in [-0.15, -0.1) is 0 Å². The molecule has 6 heteroatoms.